The second kappa shape index (κ2) is 8.23. The van der Waals surface area contributed by atoms with Gasteiger partial charge in [0.25, 0.3) is 0 Å². The molecule has 0 atom stereocenters. The first-order valence-electron chi connectivity index (χ1n) is 8.85. The van der Waals surface area contributed by atoms with Gasteiger partial charge in [-0.3, -0.25) is 9.59 Å². The number of amides is 2. The fourth-order valence-electron chi connectivity index (χ4n) is 3.65. The number of carbonyl (C=O) groups excluding carboxylic acids is 2. The summed E-state index contributed by atoms with van der Waals surface area (Å²) >= 11 is 1.55. The molecule has 0 aromatic heterocycles. The molecular formula is C20H22ClN3O2S. The van der Waals surface area contributed by atoms with E-state index in [1.165, 1.54) is 0 Å². The molecule has 5 nitrogen and oxygen atoms in total. The van der Waals surface area contributed by atoms with E-state index in [2.05, 4.69) is 0 Å². The zero-order chi connectivity index (χ0) is 18.1. The molecule has 2 aliphatic heterocycles. The fraction of sp³-hybridized carbons (Fsp3) is 0.300. The third-order valence-corrected chi connectivity index (χ3v) is 5.99. The molecule has 0 spiro atoms. The highest BCUT2D eigenvalue weighted by Crippen LogP contribution is 2.35. The molecule has 2 aromatic carbocycles. The second-order valence-corrected chi connectivity index (χ2v) is 7.56. The van der Waals surface area contributed by atoms with Crippen LogP contribution in [-0.2, 0) is 16.0 Å². The minimum absolute atomic E-state index is 0. The van der Waals surface area contributed by atoms with Gasteiger partial charge in [0.2, 0.25) is 11.8 Å². The van der Waals surface area contributed by atoms with E-state index in [9.17, 15) is 9.59 Å². The molecule has 2 amide bonds. The van der Waals surface area contributed by atoms with Gasteiger partial charge < -0.3 is 15.5 Å². The minimum Gasteiger partial charge on any atom is -0.398 e. The summed E-state index contributed by atoms with van der Waals surface area (Å²) in [6.45, 7) is 1.11. The van der Waals surface area contributed by atoms with Gasteiger partial charge in [0.15, 0.2) is 0 Å². The van der Waals surface area contributed by atoms with Crippen LogP contribution in [-0.4, -0.2) is 30.7 Å². The summed E-state index contributed by atoms with van der Waals surface area (Å²) in [7, 11) is 0. The Morgan fingerprint density at radius 1 is 1.11 bits per heavy atom. The monoisotopic (exact) mass is 403 g/mol. The average molecular weight is 404 g/mol. The molecule has 0 bridgehead atoms. The van der Waals surface area contributed by atoms with E-state index in [0.717, 1.165) is 40.4 Å². The lowest BCUT2D eigenvalue weighted by Crippen LogP contribution is -2.41. The van der Waals surface area contributed by atoms with Crippen LogP contribution in [0.15, 0.2) is 47.4 Å². The normalized spacial score (nSPS) is 15.6. The van der Waals surface area contributed by atoms with Crippen molar-refractivity contribution in [3.05, 3.63) is 48.0 Å². The molecule has 7 heteroatoms. The first kappa shape index (κ1) is 19.6. The predicted molar refractivity (Wildman–Crippen MR) is 113 cm³/mol. The molecule has 0 radical (unpaired) electrons. The maximum Gasteiger partial charge on any atom is 0.237 e. The number of carbonyl (C=O) groups is 2. The first-order valence-corrected chi connectivity index (χ1v) is 9.83. The molecule has 0 saturated carbocycles. The summed E-state index contributed by atoms with van der Waals surface area (Å²) in [5.41, 5.74) is 9.70. The van der Waals surface area contributed by atoms with Gasteiger partial charge in [0.1, 0.15) is 0 Å². The molecule has 27 heavy (non-hydrogen) atoms. The Morgan fingerprint density at radius 3 is 2.74 bits per heavy atom. The number of para-hydroxylation sites is 1. The van der Waals surface area contributed by atoms with Gasteiger partial charge in [-0.25, -0.2) is 0 Å². The van der Waals surface area contributed by atoms with Gasteiger partial charge in [-0.15, -0.1) is 24.2 Å². The lowest BCUT2D eigenvalue weighted by atomic mass is 9.99. The molecule has 4 rings (SSSR count). The second-order valence-electron chi connectivity index (χ2n) is 6.55. The zero-order valence-corrected chi connectivity index (χ0v) is 16.5. The molecule has 2 aromatic rings. The van der Waals surface area contributed by atoms with Crippen molar-refractivity contribution < 1.29 is 9.59 Å². The van der Waals surface area contributed by atoms with Crippen molar-refractivity contribution in [1.29, 1.82) is 0 Å². The lowest BCUT2D eigenvalue weighted by molar-refractivity contribution is -0.118. The van der Waals surface area contributed by atoms with Gasteiger partial charge in [-0.05, 0) is 42.7 Å². The molecule has 0 saturated heterocycles. The zero-order valence-electron chi connectivity index (χ0n) is 14.9. The minimum atomic E-state index is 0. The van der Waals surface area contributed by atoms with Crippen molar-refractivity contribution in [1.82, 2.24) is 0 Å². The van der Waals surface area contributed by atoms with Crippen LogP contribution in [0, 0.1) is 0 Å². The van der Waals surface area contributed by atoms with Crippen molar-refractivity contribution in [2.75, 3.05) is 34.4 Å². The molecule has 0 fully saturated rings. The number of hydrogen-bond acceptors (Lipinski definition) is 4. The van der Waals surface area contributed by atoms with E-state index in [1.807, 2.05) is 47.4 Å². The predicted octanol–water partition coefficient (Wildman–Crippen LogP) is 3.50. The number of rotatable bonds is 3. The van der Waals surface area contributed by atoms with Gasteiger partial charge in [-0.2, -0.15) is 0 Å². The topological polar surface area (TPSA) is 66.6 Å². The summed E-state index contributed by atoms with van der Waals surface area (Å²) in [6.07, 6.45) is 2.12. The van der Waals surface area contributed by atoms with E-state index in [0.29, 0.717) is 25.3 Å². The van der Waals surface area contributed by atoms with E-state index < -0.39 is 0 Å². The molecule has 2 aliphatic rings. The van der Waals surface area contributed by atoms with Crippen LogP contribution in [0.5, 0.6) is 0 Å². The Bertz CT molecular complexity index is 874. The van der Waals surface area contributed by atoms with Crippen LogP contribution in [0.4, 0.5) is 17.1 Å². The van der Waals surface area contributed by atoms with Crippen LogP contribution >= 0.6 is 24.2 Å². The summed E-state index contributed by atoms with van der Waals surface area (Å²) in [5.74, 6) is 0.527. The van der Waals surface area contributed by atoms with E-state index >= 15 is 0 Å². The number of benzene rings is 2. The average Bonchev–Trinajstić information content (AvgIpc) is 2.67. The van der Waals surface area contributed by atoms with E-state index in [4.69, 9.17) is 5.73 Å². The maximum atomic E-state index is 12.9. The number of halogens is 1. The summed E-state index contributed by atoms with van der Waals surface area (Å²) in [6, 6.07) is 13.6. The fourth-order valence-corrected chi connectivity index (χ4v) is 4.59. The SMILES string of the molecule is Cl.Nc1cccc2c1CCCN2C(=O)CCN1C(=O)CSc2ccccc21. The summed E-state index contributed by atoms with van der Waals surface area (Å²) in [4.78, 5) is 29.9. The quantitative estimate of drug-likeness (QED) is 0.796. The Hall–Kier alpha value is -2.18. The molecule has 2 N–H and O–H groups in total. The third-order valence-electron chi connectivity index (χ3n) is 4.95. The summed E-state index contributed by atoms with van der Waals surface area (Å²) in [5, 5.41) is 0. The Morgan fingerprint density at radius 2 is 1.89 bits per heavy atom. The largest absolute Gasteiger partial charge is 0.398 e. The van der Waals surface area contributed by atoms with Crippen molar-refractivity contribution >= 4 is 53.0 Å². The highest BCUT2D eigenvalue weighted by atomic mass is 35.5. The number of nitrogen functional groups attached to an aromatic ring is 1. The van der Waals surface area contributed by atoms with Crippen molar-refractivity contribution in [3.63, 3.8) is 0 Å². The molecule has 0 unspecified atom stereocenters. The summed E-state index contributed by atoms with van der Waals surface area (Å²) < 4.78 is 0. The Kier molecular flexibility index (Phi) is 5.97. The first-order chi connectivity index (χ1) is 12.6. The molecule has 0 aliphatic carbocycles. The third kappa shape index (κ3) is 3.77. The van der Waals surface area contributed by atoms with Gasteiger partial charge >= 0.3 is 0 Å². The van der Waals surface area contributed by atoms with Gasteiger partial charge in [0.05, 0.1) is 11.4 Å². The Labute approximate surface area is 169 Å². The van der Waals surface area contributed by atoms with Crippen LogP contribution in [0.1, 0.15) is 18.4 Å². The standard InChI is InChI=1S/C20H21N3O2S.ClH/c21-15-6-3-8-16-14(15)5-4-11-22(16)19(24)10-12-23-17-7-1-2-9-18(17)26-13-20(23)25;/h1-3,6-9H,4-5,10-13,21H2;1H. The smallest absolute Gasteiger partial charge is 0.237 e. The van der Waals surface area contributed by atoms with Gasteiger partial charge in [0, 0.05) is 35.8 Å². The van der Waals surface area contributed by atoms with Crippen LogP contribution < -0.4 is 15.5 Å². The van der Waals surface area contributed by atoms with Crippen LogP contribution in [0.3, 0.4) is 0 Å². The lowest BCUT2D eigenvalue weighted by Gasteiger charge is -2.32. The number of fused-ring (bicyclic) bond motifs is 2. The molecule has 142 valence electrons. The van der Waals surface area contributed by atoms with E-state index in [1.54, 1.807) is 16.7 Å². The molecular weight excluding hydrogens is 382 g/mol. The van der Waals surface area contributed by atoms with Crippen molar-refractivity contribution in [2.45, 2.75) is 24.2 Å². The van der Waals surface area contributed by atoms with Crippen molar-refractivity contribution in [2.24, 2.45) is 0 Å². The maximum absolute atomic E-state index is 12.9. The van der Waals surface area contributed by atoms with Crippen molar-refractivity contribution in [3.8, 4) is 0 Å². The molecule has 2 heterocycles. The van der Waals surface area contributed by atoms with Crippen LogP contribution in [0.2, 0.25) is 0 Å². The number of anilines is 3. The highest BCUT2D eigenvalue weighted by molar-refractivity contribution is 8.00. The highest BCUT2D eigenvalue weighted by Gasteiger charge is 2.27. The number of nitrogens with two attached hydrogens (primary N) is 1. The number of hydrogen-bond donors (Lipinski definition) is 1. The Balaban J connectivity index is 0.00000210. The number of thioether (sulfide) groups is 1. The van der Waals surface area contributed by atoms with E-state index in [-0.39, 0.29) is 24.2 Å². The number of nitrogens with zero attached hydrogens (tertiary/aromatic N) is 2. The van der Waals surface area contributed by atoms with Gasteiger partial charge in [-0.1, -0.05) is 18.2 Å². The van der Waals surface area contributed by atoms with Crippen LogP contribution in [0.25, 0.3) is 0 Å².